The Labute approximate surface area is 86.6 Å². The van der Waals surface area contributed by atoms with Gasteiger partial charge in [-0.2, -0.15) is 0 Å². The molecule has 0 amide bonds. The van der Waals surface area contributed by atoms with Gasteiger partial charge in [0.05, 0.1) is 6.20 Å². The predicted octanol–water partition coefficient (Wildman–Crippen LogP) is 3.45. The van der Waals surface area contributed by atoms with Crippen LogP contribution in [0.25, 0.3) is 0 Å². The van der Waals surface area contributed by atoms with Gasteiger partial charge < -0.3 is 0 Å². The van der Waals surface area contributed by atoms with E-state index in [-0.39, 0.29) is 5.41 Å². The molecule has 1 radical (unpaired) electrons. The van der Waals surface area contributed by atoms with Gasteiger partial charge in [0, 0.05) is 11.6 Å². The molecule has 1 aromatic rings. The molecule has 0 spiro atoms. The Morgan fingerprint density at radius 1 is 1.36 bits per heavy atom. The largest absolute Gasteiger partial charge is 0.251 e. The first-order valence-corrected chi connectivity index (χ1v) is 5.46. The molecule has 1 fully saturated rings. The summed E-state index contributed by atoms with van der Waals surface area (Å²) in [5, 5.41) is 0. The highest BCUT2D eigenvalue weighted by molar-refractivity contribution is 5.25. The van der Waals surface area contributed by atoms with E-state index in [1.807, 2.05) is 6.07 Å². The second kappa shape index (κ2) is 3.38. The van der Waals surface area contributed by atoms with Crippen molar-refractivity contribution in [1.29, 1.82) is 0 Å². The van der Waals surface area contributed by atoms with E-state index in [9.17, 15) is 0 Å². The van der Waals surface area contributed by atoms with Crippen molar-refractivity contribution in [3.8, 4) is 0 Å². The van der Waals surface area contributed by atoms with E-state index in [2.05, 4.69) is 38.0 Å². The Bertz CT molecular complexity index is 318. The molecule has 1 heterocycles. The highest BCUT2D eigenvalue weighted by Gasteiger charge is 2.22. The lowest BCUT2D eigenvalue weighted by Crippen LogP contribution is -2.15. The van der Waals surface area contributed by atoms with Crippen LogP contribution < -0.4 is 0 Å². The van der Waals surface area contributed by atoms with Gasteiger partial charge in [0.25, 0.3) is 0 Å². The van der Waals surface area contributed by atoms with Crippen LogP contribution in [0, 0.1) is 6.20 Å². The average molecular weight is 188 g/mol. The van der Waals surface area contributed by atoms with Gasteiger partial charge in [-0.05, 0) is 36.0 Å². The summed E-state index contributed by atoms with van der Waals surface area (Å²) in [6.45, 7) is 6.71. The molecular weight excluding hydrogens is 170 g/mol. The minimum absolute atomic E-state index is 0.220. The van der Waals surface area contributed by atoms with Crippen LogP contribution in [0.2, 0.25) is 0 Å². The van der Waals surface area contributed by atoms with Gasteiger partial charge in [0.2, 0.25) is 0 Å². The van der Waals surface area contributed by atoms with Gasteiger partial charge >= 0.3 is 0 Å². The van der Waals surface area contributed by atoms with E-state index >= 15 is 0 Å². The molecule has 1 aliphatic carbocycles. The number of hydrogen-bond donors (Lipinski definition) is 0. The zero-order valence-corrected chi connectivity index (χ0v) is 9.30. The first kappa shape index (κ1) is 9.70. The third-order valence-electron chi connectivity index (χ3n) is 3.11. The van der Waals surface area contributed by atoms with Gasteiger partial charge in [0.15, 0.2) is 0 Å². The minimum atomic E-state index is 0.220. The zero-order valence-electron chi connectivity index (χ0n) is 9.30. The molecule has 0 saturated heterocycles. The van der Waals surface area contributed by atoms with Crippen molar-refractivity contribution >= 4 is 0 Å². The van der Waals surface area contributed by atoms with Crippen molar-refractivity contribution in [3.05, 3.63) is 29.6 Å². The molecule has 0 atom stereocenters. The van der Waals surface area contributed by atoms with Crippen molar-refractivity contribution in [2.75, 3.05) is 0 Å². The van der Waals surface area contributed by atoms with Crippen LogP contribution in [0.1, 0.15) is 57.2 Å². The van der Waals surface area contributed by atoms with Crippen LogP contribution in [0.15, 0.2) is 12.1 Å². The van der Waals surface area contributed by atoms with Crippen molar-refractivity contribution in [2.45, 2.75) is 51.4 Å². The van der Waals surface area contributed by atoms with E-state index in [0.29, 0.717) is 5.92 Å². The molecule has 1 aromatic heterocycles. The quantitative estimate of drug-likeness (QED) is 0.657. The number of nitrogens with zero attached hydrogens (tertiary/aromatic N) is 1. The van der Waals surface area contributed by atoms with Crippen LogP contribution in [0.4, 0.5) is 0 Å². The highest BCUT2D eigenvalue weighted by atomic mass is 14.7. The van der Waals surface area contributed by atoms with E-state index < -0.39 is 0 Å². The van der Waals surface area contributed by atoms with Gasteiger partial charge in [-0.25, -0.2) is 0 Å². The molecule has 14 heavy (non-hydrogen) atoms. The second-order valence-corrected chi connectivity index (χ2v) is 5.29. The lowest BCUT2D eigenvalue weighted by Gasteiger charge is -2.26. The van der Waals surface area contributed by atoms with E-state index in [0.717, 1.165) is 0 Å². The summed E-state index contributed by atoms with van der Waals surface area (Å²) in [6, 6.07) is 4.28. The highest BCUT2D eigenvalue weighted by Crippen LogP contribution is 2.36. The molecule has 0 aromatic carbocycles. The fourth-order valence-electron chi connectivity index (χ4n) is 1.76. The Morgan fingerprint density at radius 2 is 2.07 bits per heavy atom. The van der Waals surface area contributed by atoms with Crippen LogP contribution in [0.3, 0.4) is 0 Å². The molecule has 0 aliphatic heterocycles. The standard InChI is InChI=1S/C13H18N/c1-13(2,3)11-7-8-14-12(9-11)10-5-4-6-10/h7,9-10H,4-6H2,1-3H3. The Balaban J connectivity index is 2.26. The monoisotopic (exact) mass is 188 g/mol. The fourth-order valence-corrected chi connectivity index (χ4v) is 1.76. The Morgan fingerprint density at radius 3 is 2.57 bits per heavy atom. The van der Waals surface area contributed by atoms with Crippen LogP contribution >= 0.6 is 0 Å². The van der Waals surface area contributed by atoms with Crippen LogP contribution in [-0.4, -0.2) is 4.98 Å². The van der Waals surface area contributed by atoms with Crippen molar-refractivity contribution < 1.29 is 0 Å². The molecule has 2 rings (SSSR count). The summed E-state index contributed by atoms with van der Waals surface area (Å²) in [7, 11) is 0. The summed E-state index contributed by atoms with van der Waals surface area (Å²) in [5.74, 6) is 0.716. The smallest absolute Gasteiger partial charge is 0.0892 e. The fraction of sp³-hybridized carbons (Fsp3) is 0.615. The van der Waals surface area contributed by atoms with E-state index in [1.165, 1.54) is 30.5 Å². The van der Waals surface area contributed by atoms with Gasteiger partial charge in [-0.1, -0.05) is 27.2 Å². The lowest BCUT2D eigenvalue weighted by molar-refractivity contribution is 0.409. The number of rotatable bonds is 1. The SMILES string of the molecule is CC(C)(C)c1c[c]nc(C2CCC2)c1. The van der Waals surface area contributed by atoms with Gasteiger partial charge in [-0.3, -0.25) is 4.98 Å². The van der Waals surface area contributed by atoms with Crippen LogP contribution in [0.5, 0.6) is 0 Å². The zero-order chi connectivity index (χ0) is 10.2. The van der Waals surface area contributed by atoms with Crippen LogP contribution in [-0.2, 0) is 5.41 Å². The molecule has 0 unspecified atom stereocenters. The topological polar surface area (TPSA) is 12.9 Å². The molecule has 0 N–H and O–H groups in total. The molecule has 1 nitrogen and oxygen atoms in total. The molecule has 1 saturated carbocycles. The molecule has 1 heteroatoms. The van der Waals surface area contributed by atoms with Gasteiger partial charge in [-0.15, -0.1) is 0 Å². The van der Waals surface area contributed by atoms with E-state index in [4.69, 9.17) is 0 Å². The number of aromatic nitrogens is 1. The average Bonchev–Trinajstić information content (AvgIpc) is 2.00. The predicted molar refractivity (Wildman–Crippen MR) is 58.4 cm³/mol. The number of pyridine rings is 1. The summed E-state index contributed by atoms with van der Waals surface area (Å²) in [4.78, 5) is 4.35. The molecule has 75 valence electrons. The van der Waals surface area contributed by atoms with Crippen molar-refractivity contribution in [1.82, 2.24) is 4.98 Å². The second-order valence-electron chi connectivity index (χ2n) is 5.29. The molecule has 0 bridgehead atoms. The summed E-state index contributed by atoms with van der Waals surface area (Å²) >= 11 is 0. The summed E-state index contributed by atoms with van der Waals surface area (Å²) in [6.07, 6.45) is 7.03. The maximum absolute atomic E-state index is 4.35. The Hall–Kier alpha value is -0.850. The first-order valence-electron chi connectivity index (χ1n) is 5.46. The molecular formula is C13H18N. The lowest BCUT2D eigenvalue weighted by atomic mass is 9.80. The third kappa shape index (κ3) is 1.82. The maximum atomic E-state index is 4.35. The normalized spacial score (nSPS) is 17.9. The van der Waals surface area contributed by atoms with E-state index in [1.54, 1.807) is 0 Å². The van der Waals surface area contributed by atoms with Crippen molar-refractivity contribution in [3.63, 3.8) is 0 Å². The maximum Gasteiger partial charge on any atom is 0.0892 e. The number of hydrogen-bond acceptors (Lipinski definition) is 1. The van der Waals surface area contributed by atoms with Gasteiger partial charge in [0.1, 0.15) is 0 Å². The third-order valence-corrected chi connectivity index (χ3v) is 3.11. The first-order chi connectivity index (χ1) is 6.57. The molecule has 1 aliphatic rings. The summed E-state index contributed by atoms with van der Waals surface area (Å²) < 4.78 is 0. The minimum Gasteiger partial charge on any atom is -0.251 e. The Kier molecular flexibility index (Phi) is 2.34. The summed E-state index contributed by atoms with van der Waals surface area (Å²) in [5.41, 5.74) is 2.83. The van der Waals surface area contributed by atoms with Crippen molar-refractivity contribution in [2.24, 2.45) is 0 Å².